The molecule has 0 aromatic rings. The van der Waals surface area contributed by atoms with Gasteiger partial charge in [0.15, 0.2) is 0 Å². The molecule has 1 nitrogen and oxygen atoms in total. The fourth-order valence-electron chi connectivity index (χ4n) is 5.32. The summed E-state index contributed by atoms with van der Waals surface area (Å²) < 4.78 is 1.43. The minimum Gasteiger partial charge on any atom is -0.319 e. The van der Waals surface area contributed by atoms with Crippen LogP contribution < -0.4 is 0 Å². The fraction of sp³-hybridized carbons (Fsp3) is 1.00. The van der Waals surface area contributed by atoms with Gasteiger partial charge in [-0.25, -0.2) is 0 Å². The average molecular weight is 325 g/mol. The normalized spacial score (nSPS) is 18.3. The van der Waals surface area contributed by atoms with Gasteiger partial charge < -0.3 is 4.48 Å². The molecule has 1 saturated carbocycles. The quantitative estimate of drug-likeness (QED) is 0.250. The molecule has 1 heteroatoms. The van der Waals surface area contributed by atoms with Crippen LogP contribution in [0.3, 0.4) is 0 Å². The molecular formula is C22H46N+. The lowest BCUT2D eigenvalue weighted by atomic mass is 9.74. The van der Waals surface area contributed by atoms with Crippen molar-refractivity contribution >= 4 is 0 Å². The van der Waals surface area contributed by atoms with Gasteiger partial charge in [0.1, 0.15) is 0 Å². The van der Waals surface area contributed by atoms with Crippen molar-refractivity contribution in [3.8, 4) is 0 Å². The zero-order chi connectivity index (χ0) is 17.0. The van der Waals surface area contributed by atoms with Crippen molar-refractivity contribution in [2.75, 3.05) is 19.6 Å². The first-order valence-electron chi connectivity index (χ1n) is 11.1. The van der Waals surface area contributed by atoms with E-state index in [1.807, 2.05) is 0 Å². The lowest BCUT2D eigenvalue weighted by Gasteiger charge is -2.55. The first-order chi connectivity index (χ1) is 11.2. The highest BCUT2D eigenvalue weighted by molar-refractivity contribution is 4.86. The molecule has 0 atom stereocenters. The SMILES string of the molecule is CCCCCCCC[N+](CC)(CC)C1(CCCC)CCCCC1. The lowest BCUT2D eigenvalue weighted by molar-refractivity contribution is -0.976. The standard InChI is InChI=1S/C22H46N/c1-5-9-11-12-13-17-21-23(7-3,8-4)22(18-10-6-2)19-15-14-16-20-22/h5-21H2,1-4H3/q+1. The van der Waals surface area contributed by atoms with Gasteiger partial charge in [-0.2, -0.15) is 0 Å². The van der Waals surface area contributed by atoms with Crippen LogP contribution in [0.2, 0.25) is 0 Å². The van der Waals surface area contributed by atoms with Crippen LogP contribution in [0.25, 0.3) is 0 Å². The second-order valence-corrected chi connectivity index (χ2v) is 8.16. The highest BCUT2D eigenvalue weighted by Crippen LogP contribution is 2.43. The summed E-state index contributed by atoms with van der Waals surface area (Å²) in [6.07, 6.45) is 20.4. The number of rotatable bonds is 13. The first-order valence-corrected chi connectivity index (χ1v) is 11.1. The van der Waals surface area contributed by atoms with Gasteiger partial charge in [0.05, 0.1) is 25.2 Å². The minimum atomic E-state index is 0.626. The predicted octanol–water partition coefficient (Wildman–Crippen LogP) is 7.10. The Kier molecular flexibility index (Phi) is 10.5. The Hall–Kier alpha value is -0.0400. The van der Waals surface area contributed by atoms with Crippen molar-refractivity contribution in [2.45, 2.75) is 123 Å². The summed E-state index contributed by atoms with van der Waals surface area (Å²) in [4.78, 5) is 0. The van der Waals surface area contributed by atoms with E-state index in [-0.39, 0.29) is 0 Å². The van der Waals surface area contributed by atoms with Crippen LogP contribution in [0, 0.1) is 0 Å². The summed E-state index contributed by atoms with van der Waals surface area (Å²) in [5.41, 5.74) is 0.626. The molecule has 0 bridgehead atoms. The number of hydrogen-bond donors (Lipinski definition) is 0. The van der Waals surface area contributed by atoms with Gasteiger partial charge in [-0.05, 0) is 46.0 Å². The minimum absolute atomic E-state index is 0.626. The molecule has 1 fully saturated rings. The monoisotopic (exact) mass is 324 g/mol. The second-order valence-electron chi connectivity index (χ2n) is 8.16. The molecule has 0 amide bonds. The van der Waals surface area contributed by atoms with Gasteiger partial charge in [-0.15, -0.1) is 0 Å². The summed E-state index contributed by atoms with van der Waals surface area (Å²) in [5, 5.41) is 0. The van der Waals surface area contributed by atoms with Crippen molar-refractivity contribution in [1.82, 2.24) is 0 Å². The zero-order valence-electron chi connectivity index (χ0n) is 17.0. The summed E-state index contributed by atoms with van der Waals surface area (Å²) in [7, 11) is 0. The maximum atomic E-state index is 2.48. The highest BCUT2D eigenvalue weighted by atomic mass is 15.4. The Bertz CT molecular complexity index is 274. The zero-order valence-corrected chi connectivity index (χ0v) is 17.0. The molecule has 0 unspecified atom stereocenters. The van der Waals surface area contributed by atoms with Crippen LogP contribution in [0.5, 0.6) is 0 Å². The topological polar surface area (TPSA) is 0 Å². The summed E-state index contributed by atoms with van der Waals surface area (Å²) in [6.45, 7) is 13.8. The number of nitrogens with zero attached hydrogens (tertiary/aromatic N) is 1. The molecule has 1 rings (SSSR count). The average Bonchev–Trinajstić information content (AvgIpc) is 2.60. The van der Waals surface area contributed by atoms with E-state index in [2.05, 4.69) is 27.7 Å². The lowest BCUT2D eigenvalue weighted by Crippen LogP contribution is -2.65. The van der Waals surface area contributed by atoms with Crippen molar-refractivity contribution in [3.63, 3.8) is 0 Å². The van der Waals surface area contributed by atoms with Crippen molar-refractivity contribution in [3.05, 3.63) is 0 Å². The molecular weight excluding hydrogens is 278 g/mol. The van der Waals surface area contributed by atoms with Crippen LogP contribution in [-0.2, 0) is 0 Å². The van der Waals surface area contributed by atoms with Gasteiger partial charge in [0.25, 0.3) is 0 Å². The van der Waals surface area contributed by atoms with Gasteiger partial charge in [0.2, 0.25) is 0 Å². The number of hydrogen-bond acceptors (Lipinski definition) is 0. The fourth-order valence-corrected chi connectivity index (χ4v) is 5.32. The Balaban J connectivity index is 2.69. The number of unbranched alkanes of at least 4 members (excludes halogenated alkanes) is 6. The third-order valence-electron chi connectivity index (χ3n) is 6.94. The molecule has 0 N–H and O–H groups in total. The molecule has 138 valence electrons. The second kappa shape index (κ2) is 11.5. The maximum absolute atomic E-state index is 2.48. The molecule has 23 heavy (non-hydrogen) atoms. The summed E-state index contributed by atoms with van der Waals surface area (Å²) >= 11 is 0. The predicted molar refractivity (Wildman–Crippen MR) is 105 cm³/mol. The number of quaternary nitrogens is 1. The van der Waals surface area contributed by atoms with Crippen LogP contribution in [0.15, 0.2) is 0 Å². The van der Waals surface area contributed by atoms with Gasteiger partial charge in [-0.1, -0.05) is 52.4 Å². The molecule has 0 aromatic carbocycles. The van der Waals surface area contributed by atoms with Crippen LogP contribution in [-0.4, -0.2) is 29.7 Å². The van der Waals surface area contributed by atoms with Crippen molar-refractivity contribution < 1.29 is 4.48 Å². The first kappa shape index (κ1) is 21.0. The van der Waals surface area contributed by atoms with Gasteiger partial charge >= 0.3 is 0 Å². The molecule has 1 aliphatic rings. The Morgan fingerprint density at radius 1 is 0.652 bits per heavy atom. The van der Waals surface area contributed by atoms with E-state index >= 15 is 0 Å². The van der Waals surface area contributed by atoms with Crippen LogP contribution in [0.1, 0.15) is 118 Å². The Morgan fingerprint density at radius 2 is 1.22 bits per heavy atom. The molecule has 0 radical (unpaired) electrons. The van der Waals surface area contributed by atoms with E-state index in [0.29, 0.717) is 5.54 Å². The Labute approximate surface area is 147 Å². The Morgan fingerprint density at radius 3 is 1.78 bits per heavy atom. The summed E-state index contributed by atoms with van der Waals surface area (Å²) in [5.74, 6) is 0. The van der Waals surface area contributed by atoms with Crippen LogP contribution in [0.4, 0.5) is 0 Å². The molecule has 0 heterocycles. The van der Waals surface area contributed by atoms with E-state index in [4.69, 9.17) is 0 Å². The van der Waals surface area contributed by atoms with E-state index in [1.54, 1.807) is 0 Å². The largest absolute Gasteiger partial charge is 0.319 e. The highest BCUT2D eigenvalue weighted by Gasteiger charge is 2.48. The molecule has 0 spiro atoms. The molecule has 1 aliphatic carbocycles. The third kappa shape index (κ3) is 5.76. The third-order valence-corrected chi connectivity index (χ3v) is 6.94. The van der Waals surface area contributed by atoms with E-state index < -0.39 is 0 Å². The van der Waals surface area contributed by atoms with E-state index in [1.165, 1.54) is 114 Å². The maximum Gasteiger partial charge on any atom is 0.0992 e. The van der Waals surface area contributed by atoms with Crippen LogP contribution >= 0.6 is 0 Å². The van der Waals surface area contributed by atoms with Crippen molar-refractivity contribution in [2.24, 2.45) is 0 Å². The van der Waals surface area contributed by atoms with E-state index in [9.17, 15) is 0 Å². The molecule has 0 saturated heterocycles. The van der Waals surface area contributed by atoms with Gasteiger partial charge in [-0.3, -0.25) is 0 Å². The van der Waals surface area contributed by atoms with Gasteiger partial charge in [0, 0.05) is 19.3 Å². The smallest absolute Gasteiger partial charge is 0.0992 e. The molecule has 0 aliphatic heterocycles. The van der Waals surface area contributed by atoms with E-state index in [0.717, 1.165) is 0 Å². The molecule has 0 aromatic heterocycles. The van der Waals surface area contributed by atoms with Crippen molar-refractivity contribution in [1.29, 1.82) is 0 Å². The summed E-state index contributed by atoms with van der Waals surface area (Å²) in [6, 6.07) is 0.